The summed E-state index contributed by atoms with van der Waals surface area (Å²) in [6, 6.07) is 4.91. The maximum atomic E-state index is 11.7. The number of carbonyl (C=O) groups is 3. The third-order valence-electron chi connectivity index (χ3n) is 2.73. The van der Waals surface area contributed by atoms with Crippen molar-refractivity contribution in [3.8, 4) is 0 Å². The van der Waals surface area contributed by atoms with E-state index in [1.165, 1.54) is 7.05 Å². The van der Waals surface area contributed by atoms with E-state index in [-0.39, 0.29) is 29.8 Å². The van der Waals surface area contributed by atoms with Gasteiger partial charge in [-0.15, -0.1) is 0 Å². The molecule has 0 spiro atoms. The number of ketones is 1. The molecule has 0 radical (unpaired) electrons. The summed E-state index contributed by atoms with van der Waals surface area (Å²) in [4.78, 5) is 35.7. The Bertz CT molecular complexity index is 524. The van der Waals surface area contributed by atoms with Gasteiger partial charge in [0, 0.05) is 19.2 Å². The fraction of sp³-hybridized carbons (Fsp3) is 0.250. The number of carbonyl (C=O) groups excluding carboxylic acids is 3. The molecule has 2 rings (SSSR count). The molecule has 0 aromatic heterocycles. The largest absolute Gasteiger partial charge is 0.298 e. The predicted octanol–water partition coefficient (Wildman–Crippen LogP) is 0.954. The molecule has 0 N–H and O–H groups in total. The van der Waals surface area contributed by atoms with E-state index >= 15 is 0 Å². The number of hydrogen-bond acceptors (Lipinski definition) is 4. The van der Waals surface area contributed by atoms with Crippen LogP contribution >= 0.6 is 12.6 Å². The van der Waals surface area contributed by atoms with E-state index in [0.29, 0.717) is 11.1 Å². The second-order valence-electron chi connectivity index (χ2n) is 3.92. The summed E-state index contributed by atoms with van der Waals surface area (Å²) in [5.74, 6) is -0.454. The number of imide groups is 1. The van der Waals surface area contributed by atoms with E-state index in [9.17, 15) is 14.4 Å². The lowest BCUT2D eigenvalue weighted by molar-refractivity contribution is -0.115. The molecular formula is C12H11NO3S. The van der Waals surface area contributed by atoms with Crippen LogP contribution in [0.1, 0.15) is 26.3 Å². The summed E-state index contributed by atoms with van der Waals surface area (Å²) in [6.07, 6.45) is 0.238. The number of amides is 2. The van der Waals surface area contributed by atoms with Gasteiger partial charge >= 0.3 is 0 Å². The molecule has 0 bridgehead atoms. The molecule has 88 valence electrons. The number of rotatable bonds is 3. The van der Waals surface area contributed by atoms with Gasteiger partial charge < -0.3 is 0 Å². The lowest BCUT2D eigenvalue weighted by Crippen LogP contribution is -2.24. The number of nitrogens with zero attached hydrogens (tertiary/aromatic N) is 1. The van der Waals surface area contributed by atoms with Crippen molar-refractivity contribution in [2.45, 2.75) is 6.42 Å². The van der Waals surface area contributed by atoms with E-state index < -0.39 is 0 Å². The zero-order chi connectivity index (χ0) is 12.6. The molecule has 0 saturated heterocycles. The zero-order valence-corrected chi connectivity index (χ0v) is 10.2. The van der Waals surface area contributed by atoms with Crippen LogP contribution in [0.5, 0.6) is 0 Å². The van der Waals surface area contributed by atoms with Gasteiger partial charge in [-0.25, -0.2) is 0 Å². The highest BCUT2D eigenvalue weighted by molar-refractivity contribution is 7.81. The van der Waals surface area contributed by atoms with Gasteiger partial charge in [-0.2, -0.15) is 12.6 Å². The first-order valence-electron chi connectivity index (χ1n) is 5.12. The van der Waals surface area contributed by atoms with Crippen LogP contribution in [-0.4, -0.2) is 35.3 Å². The molecular weight excluding hydrogens is 238 g/mol. The highest BCUT2D eigenvalue weighted by atomic mass is 32.1. The van der Waals surface area contributed by atoms with Crippen molar-refractivity contribution in [2.75, 3.05) is 12.8 Å². The second-order valence-corrected chi connectivity index (χ2v) is 4.24. The average molecular weight is 249 g/mol. The van der Waals surface area contributed by atoms with Crippen LogP contribution in [0, 0.1) is 0 Å². The van der Waals surface area contributed by atoms with Crippen molar-refractivity contribution in [2.24, 2.45) is 0 Å². The zero-order valence-electron chi connectivity index (χ0n) is 9.27. The normalized spacial score (nSPS) is 14.1. The summed E-state index contributed by atoms with van der Waals surface area (Å²) >= 11 is 3.89. The Hall–Kier alpha value is -1.62. The molecule has 5 heteroatoms. The standard InChI is InChI=1S/C12H11NO3S/c1-13-11(15)9-3-2-7(4-8(14)6-17)5-10(9)12(13)16/h2-3,5,17H,4,6H2,1H3. The van der Waals surface area contributed by atoms with Gasteiger partial charge in [0.05, 0.1) is 11.1 Å². The van der Waals surface area contributed by atoms with Gasteiger partial charge in [-0.05, 0) is 17.7 Å². The monoisotopic (exact) mass is 249 g/mol. The van der Waals surface area contributed by atoms with E-state index in [4.69, 9.17) is 0 Å². The summed E-state index contributed by atoms with van der Waals surface area (Å²) < 4.78 is 0. The summed E-state index contributed by atoms with van der Waals surface area (Å²) in [5.41, 5.74) is 1.51. The van der Waals surface area contributed by atoms with Crippen molar-refractivity contribution >= 4 is 30.2 Å². The third-order valence-corrected chi connectivity index (χ3v) is 3.08. The minimum Gasteiger partial charge on any atom is -0.298 e. The SMILES string of the molecule is CN1C(=O)c2ccc(CC(=O)CS)cc2C1=O. The Morgan fingerprint density at radius 1 is 1.24 bits per heavy atom. The molecule has 0 fully saturated rings. The van der Waals surface area contributed by atoms with E-state index in [1.807, 2.05) is 0 Å². The molecule has 1 aliphatic heterocycles. The first-order valence-corrected chi connectivity index (χ1v) is 5.75. The lowest BCUT2D eigenvalue weighted by atomic mass is 10.0. The molecule has 17 heavy (non-hydrogen) atoms. The lowest BCUT2D eigenvalue weighted by Gasteiger charge is -2.02. The molecule has 4 nitrogen and oxygen atoms in total. The Labute approximate surface area is 104 Å². The number of benzene rings is 1. The van der Waals surface area contributed by atoms with Crippen molar-refractivity contribution in [1.29, 1.82) is 0 Å². The fourth-order valence-electron chi connectivity index (χ4n) is 1.80. The fourth-order valence-corrected chi connectivity index (χ4v) is 1.91. The maximum absolute atomic E-state index is 11.7. The van der Waals surface area contributed by atoms with Gasteiger partial charge in [0.25, 0.3) is 11.8 Å². The number of hydrogen-bond donors (Lipinski definition) is 1. The van der Waals surface area contributed by atoms with E-state index in [1.54, 1.807) is 18.2 Å². The Balaban J connectivity index is 2.36. The van der Waals surface area contributed by atoms with Gasteiger partial charge in [0.1, 0.15) is 5.78 Å². The summed E-state index contributed by atoms with van der Waals surface area (Å²) in [5, 5.41) is 0. The average Bonchev–Trinajstić information content (AvgIpc) is 2.54. The third kappa shape index (κ3) is 1.98. The van der Waals surface area contributed by atoms with Crippen LogP contribution in [0.15, 0.2) is 18.2 Å². The summed E-state index contributed by atoms with van der Waals surface area (Å²) in [6.45, 7) is 0. The number of thiol groups is 1. The Morgan fingerprint density at radius 3 is 2.53 bits per heavy atom. The molecule has 0 aliphatic carbocycles. The molecule has 0 saturated carbocycles. The Morgan fingerprint density at radius 2 is 1.88 bits per heavy atom. The Kier molecular flexibility index (Phi) is 3.02. The minimum atomic E-state index is -0.315. The van der Waals surface area contributed by atoms with Crippen molar-refractivity contribution < 1.29 is 14.4 Å². The molecule has 0 unspecified atom stereocenters. The highest BCUT2D eigenvalue weighted by Crippen LogP contribution is 2.22. The van der Waals surface area contributed by atoms with Gasteiger partial charge in [0.2, 0.25) is 0 Å². The van der Waals surface area contributed by atoms with Crippen LogP contribution in [0.2, 0.25) is 0 Å². The van der Waals surface area contributed by atoms with Gasteiger partial charge in [-0.3, -0.25) is 19.3 Å². The maximum Gasteiger partial charge on any atom is 0.261 e. The first-order chi connectivity index (χ1) is 8.04. The van der Waals surface area contributed by atoms with Gasteiger partial charge in [-0.1, -0.05) is 6.07 Å². The van der Waals surface area contributed by atoms with E-state index in [0.717, 1.165) is 10.5 Å². The smallest absolute Gasteiger partial charge is 0.261 e. The molecule has 1 aliphatic rings. The highest BCUT2D eigenvalue weighted by Gasteiger charge is 2.32. The van der Waals surface area contributed by atoms with Crippen LogP contribution in [0.3, 0.4) is 0 Å². The topological polar surface area (TPSA) is 54.5 Å². The second kappa shape index (κ2) is 4.33. The van der Waals surface area contributed by atoms with E-state index in [2.05, 4.69) is 12.6 Å². The van der Waals surface area contributed by atoms with Crippen LogP contribution < -0.4 is 0 Å². The van der Waals surface area contributed by atoms with Crippen molar-refractivity contribution in [1.82, 2.24) is 4.90 Å². The molecule has 1 aromatic carbocycles. The summed E-state index contributed by atoms with van der Waals surface area (Å²) in [7, 11) is 1.45. The molecule has 1 aromatic rings. The molecule has 1 heterocycles. The number of fused-ring (bicyclic) bond motifs is 1. The number of Topliss-reactive ketones (excluding diaryl/α,β-unsaturated/α-hetero) is 1. The van der Waals surface area contributed by atoms with Crippen LogP contribution in [0.4, 0.5) is 0 Å². The molecule has 0 atom stereocenters. The minimum absolute atomic E-state index is 0.0154. The first kappa shape index (κ1) is 11.9. The van der Waals surface area contributed by atoms with Crippen molar-refractivity contribution in [3.63, 3.8) is 0 Å². The van der Waals surface area contributed by atoms with Crippen molar-refractivity contribution in [3.05, 3.63) is 34.9 Å². The van der Waals surface area contributed by atoms with Crippen LogP contribution in [0.25, 0.3) is 0 Å². The predicted molar refractivity (Wildman–Crippen MR) is 65.4 cm³/mol. The molecule has 2 amide bonds. The van der Waals surface area contributed by atoms with Gasteiger partial charge in [0.15, 0.2) is 0 Å². The quantitative estimate of drug-likeness (QED) is 0.641. The van der Waals surface area contributed by atoms with Crippen LogP contribution in [-0.2, 0) is 11.2 Å².